The van der Waals surface area contributed by atoms with Crippen LogP contribution in [0.2, 0.25) is 0 Å². The minimum Gasteiger partial charge on any atom is -0.457 e. The van der Waals surface area contributed by atoms with E-state index < -0.39 is 0 Å². The fourth-order valence-corrected chi connectivity index (χ4v) is 2.08. The molecular weight excluding hydrogens is 268 g/mol. The Morgan fingerprint density at radius 2 is 1.86 bits per heavy atom. The average Bonchev–Trinajstić information content (AvgIpc) is 2.91. The van der Waals surface area contributed by atoms with E-state index in [0.29, 0.717) is 17.1 Å². The summed E-state index contributed by atoms with van der Waals surface area (Å²) in [6.45, 7) is 1.46. The van der Waals surface area contributed by atoms with Gasteiger partial charge in [0.25, 0.3) is 0 Å². The van der Waals surface area contributed by atoms with Crippen LogP contribution in [0.5, 0.6) is 11.5 Å². The summed E-state index contributed by atoms with van der Waals surface area (Å²) in [5.74, 6) is 1.14. The highest BCUT2D eigenvalue weighted by molar-refractivity contribution is 5.90. The van der Waals surface area contributed by atoms with Crippen LogP contribution in [-0.4, -0.2) is 22.0 Å². The van der Waals surface area contributed by atoms with Crippen LogP contribution in [0.25, 0.3) is 10.9 Å². The van der Waals surface area contributed by atoms with Gasteiger partial charge >= 0.3 is 0 Å². The Labute approximate surface area is 120 Å². The molecule has 1 heterocycles. The molecule has 2 aromatic carbocycles. The number of rotatable bonds is 3. The second kappa shape index (κ2) is 5.20. The fourth-order valence-electron chi connectivity index (χ4n) is 2.08. The molecule has 21 heavy (non-hydrogen) atoms. The molecule has 1 aromatic heterocycles. The van der Waals surface area contributed by atoms with Crippen LogP contribution in [0.4, 0.5) is 0 Å². The zero-order valence-electron chi connectivity index (χ0n) is 11.3. The van der Waals surface area contributed by atoms with Gasteiger partial charge in [0.05, 0.1) is 11.7 Å². The number of carbonyl (C=O) groups excluding carboxylic acids is 2. The van der Waals surface area contributed by atoms with Crippen molar-refractivity contribution in [1.82, 2.24) is 9.78 Å². The highest BCUT2D eigenvalue weighted by Crippen LogP contribution is 2.25. The van der Waals surface area contributed by atoms with Crippen LogP contribution in [0.15, 0.2) is 48.7 Å². The minimum atomic E-state index is -0.136. The first-order chi connectivity index (χ1) is 10.2. The van der Waals surface area contributed by atoms with Gasteiger partial charge in [-0.15, -0.1) is 0 Å². The Balaban J connectivity index is 1.90. The molecule has 3 rings (SSSR count). The van der Waals surface area contributed by atoms with Crippen molar-refractivity contribution in [1.29, 1.82) is 0 Å². The second-order valence-corrected chi connectivity index (χ2v) is 4.58. The van der Waals surface area contributed by atoms with E-state index in [1.54, 1.807) is 42.6 Å². The molecular formula is C16H12N2O3. The number of nitrogens with zero attached hydrogens (tertiary/aromatic N) is 2. The van der Waals surface area contributed by atoms with Gasteiger partial charge in [-0.1, -0.05) is 0 Å². The normalized spacial score (nSPS) is 10.5. The number of hydrogen-bond acceptors (Lipinski definition) is 4. The van der Waals surface area contributed by atoms with Gasteiger partial charge in [-0.2, -0.15) is 5.10 Å². The van der Waals surface area contributed by atoms with Crippen molar-refractivity contribution in [3.8, 4) is 11.5 Å². The van der Waals surface area contributed by atoms with Gasteiger partial charge in [-0.25, -0.2) is 4.68 Å². The molecule has 5 nitrogen and oxygen atoms in total. The molecule has 5 heteroatoms. The van der Waals surface area contributed by atoms with E-state index in [1.807, 2.05) is 6.07 Å². The van der Waals surface area contributed by atoms with Crippen molar-refractivity contribution in [3.63, 3.8) is 0 Å². The Morgan fingerprint density at radius 3 is 2.52 bits per heavy atom. The quantitative estimate of drug-likeness (QED) is 0.691. The maximum atomic E-state index is 11.4. The number of aromatic nitrogens is 2. The first kappa shape index (κ1) is 13.1. The Bertz CT molecular complexity index is 819. The molecule has 0 bridgehead atoms. The van der Waals surface area contributed by atoms with Crippen LogP contribution in [-0.2, 0) is 0 Å². The zero-order valence-corrected chi connectivity index (χ0v) is 11.3. The summed E-state index contributed by atoms with van der Waals surface area (Å²) in [4.78, 5) is 22.0. The van der Waals surface area contributed by atoms with Crippen LogP contribution >= 0.6 is 0 Å². The van der Waals surface area contributed by atoms with Crippen molar-refractivity contribution in [2.45, 2.75) is 6.92 Å². The lowest BCUT2D eigenvalue weighted by Crippen LogP contribution is -2.06. The molecule has 0 amide bonds. The lowest BCUT2D eigenvalue weighted by atomic mass is 10.2. The van der Waals surface area contributed by atoms with Gasteiger partial charge in [0.2, 0.25) is 5.91 Å². The van der Waals surface area contributed by atoms with Gasteiger partial charge in [0, 0.05) is 17.9 Å². The summed E-state index contributed by atoms with van der Waals surface area (Å²) >= 11 is 0. The molecule has 0 saturated heterocycles. The number of fused-ring (bicyclic) bond motifs is 1. The summed E-state index contributed by atoms with van der Waals surface area (Å²) in [5.41, 5.74) is 1.34. The highest BCUT2D eigenvalue weighted by Gasteiger charge is 2.07. The van der Waals surface area contributed by atoms with Gasteiger partial charge in [0.15, 0.2) is 0 Å². The number of hydrogen-bond donors (Lipinski definition) is 0. The summed E-state index contributed by atoms with van der Waals surface area (Å²) in [6, 6.07) is 12.2. The van der Waals surface area contributed by atoms with Crippen molar-refractivity contribution in [2.75, 3.05) is 0 Å². The van der Waals surface area contributed by atoms with E-state index in [4.69, 9.17) is 4.74 Å². The number of benzene rings is 2. The summed E-state index contributed by atoms with van der Waals surface area (Å²) in [5, 5.41) is 4.86. The third-order valence-corrected chi connectivity index (χ3v) is 3.09. The molecule has 0 radical (unpaired) electrons. The summed E-state index contributed by atoms with van der Waals surface area (Å²) in [7, 11) is 0. The Hall–Kier alpha value is -2.95. The molecule has 0 N–H and O–H groups in total. The fraction of sp³-hybridized carbons (Fsp3) is 0.0625. The minimum absolute atomic E-state index is 0.136. The third kappa shape index (κ3) is 2.53. The predicted octanol–water partition coefficient (Wildman–Crippen LogP) is 3.30. The van der Waals surface area contributed by atoms with Crippen LogP contribution in [0.3, 0.4) is 0 Å². The molecule has 0 aliphatic carbocycles. The van der Waals surface area contributed by atoms with Crippen LogP contribution in [0.1, 0.15) is 22.1 Å². The first-order valence-electron chi connectivity index (χ1n) is 6.39. The molecule has 0 fully saturated rings. The van der Waals surface area contributed by atoms with Crippen LogP contribution < -0.4 is 4.74 Å². The number of ether oxygens (including phenoxy) is 1. The second-order valence-electron chi connectivity index (χ2n) is 4.58. The smallest absolute Gasteiger partial charge is 0.244 e. The number of carbonyl (C=O) groups is 2. The molecule has 3 aromatic rings. The standard InChI is InChI=1S/C16H12N2O3/c1-11(20)18-16-7-6-15(8-13(16)9-17-18)21-14-4-2-12(10-19)3-5-14/h2-10H,1H3. The van der Waals surface area contributed by atoms with E-state index in [2.05, 4.69) is 5.10 Å². The number of aldehydes is 1. The van der Waals surface area contributed by atoms with Crippen molar-refractivity contribution in [3.05, 3.63) is 54.2 Å². The lowest BCUT2D eigenvalue weighted by Gasteiger charge is -2.06. The SMILES string of the molecule is CC(=O)n1ncc2cc(Oc3ccc(C=O)cc3)ccc21. The monoisotopic (exact) mass is 280 g/mol. The average molecular weight is 280 g/mol. The Morgan fingerprint density at radius 1 is 1.14 bits per heavy atom. The summed E-state index contributed by atoms with van der Waals surface area (Å²) in [6.07, 6.45) is 2.41. The molecule has 104 valence electrons. The summed E-state index contributed by atoms with van der Waals surface area (Å²) < 4.78 is 7.06. The van der Waals surface area contributed by atoms with Gasteiger partial charge in [0.1, 0.15) is 17.8 Å². The third-order valence-electron chi connectivity index (χ3n) is 3.09. The van der Waals surface area contributed by atoms with Crippen molar-refractivity contribution >= 4 is 23.1 Å². The predicted molar refractivity (Wildman–Crippen MR) is 77.9 cm³/mol. The lowest BCUT2D eigenvalue weighted by molar-refractivity contribution is 0.0926. The molecule has 0 aliphatic rings. The molecule has 0 saturated carbocycles. The van der Waals surface area contributed by atoms with Gasteiger partial charge in [-0.3, -0.25) is 9.59 Å². The van der Waals surface area contributed by atoms with Crippen LogP contribution in [0, 0.1) is 0 Å². The van der Waals surface area contributed by atoms with E-state index in [0.717, 1.165) is 17.2 Å². The van der Waals surface area contributed by atoms with Crippen molar-refractivity contribution in [2.24, 2.45) is 0 Å². The van der Waals surface area contributed by atoms with E-state index in [9.17, 15) is 9.59 Å². The van der Waals surface area contributed by atoms with E-state index >= 15 is 0 Å². The molecule has 0 unspecified atom stereocenters. The topological polar surface area (TPSA) is 61.2 Å². The Kier molecular flexibility index (Phi) is 3.23. The van der Waals surface area contributed by atoms with Gasteiger partial charge < -0.3 is 4.74 Å². The van der Waals surface area contributed by atoms with E-state index in [-0.39, 0.29) is 5.91 Å². The maximum Gasteiger partial charge on any atom is 0.244 e. The zero-order chi connectivity index (χ0) is 14.8. The van der Waals surface area contributed by atoms with Crippen molar-refractivity contribution < 1.29 is 14.3 Å². The molecule has 0 atom stereocenters. The largest absolute Gasteiger partial charge is 0.457 e. The molecule has 0 spiro atoms. The highest BCUT2D eigenvalue weighted by atomic mass is 16.5. The first-order valence-corrected chi connectivity index (χ1v) is 6.39. The maximum absolute atomic E-state index is 11.4. The van der Waals surface area contributed by atoms with E-state index in [1.165, 1.54) is 11.6 Å². The van der Waals surface area contributed by atoms with Gasteiger partial charge in [-0.05, 0) is 42.5 Å². The molecule has 0 aliphatic heterocycles.